The van der Waals surface area contributed by atoms with Crippen LogP contribution in [-0.4, -0.2) is 76.5 Å². The van der Waals surface area contributed by atoms with E-state index in [9.17, 15) is 18.0 Å². The SMILES string of the molecule is CON(C)S(=O)(=O)c1cc(C(=O)NCCC(=O)N2CCN(c3ccccc3)CC2)ccc1Cl. The fourth-order valence-corrected chi connectivity index (χ4v) is 4.95. The fraction of sp³-hybridized carbons (Fsp3) is 0.364. The molecule has 2 aromatic rings. The first kappa shape index (κ1) is 25.0. The van der Waals surface area contributed by atoms with Gasteiger partial charge in [0.15, 0.2) is 0 Å². The van der Waals surface area contributed by atoms with E-state index < -0.39 is 15.9 Å². The van der Waals surface area contributed by atoms with Crippen molar-refractivity contribution in [2.75, 3.05) is 51.8 Å². The number of para-hydroxylation sites is 1. The Hall–Kier alpha value is -2.66. The molecule has 3 rings (SSSR count). The summed E-state index contributed by atoms with van der Waals surface area (Å²) in [4.78, 5) is 33.6. The molecule has 1 fully saturated rings. The third-order valence-electron chi connectivity index (χ3n) is 5.45. The van der Waals surface area contributed by atoms with Crippen molar-refractivity contribution in [1.29, 1.82) is 0 Å². The lowest BCUT2D eigenvalue weighted by molar-refractivity contribution is -0.131. The average molecular weight is 495 g/mol. The highest BCUT2D eigenvalue weighted by atomic mass is 35.5. The number of nitrogens with zero attached hydrogens (tertiary/aromatic N) is 3. The highest BCUT2D eigenvalue weighted by Gasteiger charge is 2.25. The van der Waals surface area contributed by atoms with E-state index in [0.29, 0.717) is 17.6 Å². The van der Waals surface area contributed by atoms with Crippen LogP contribution in [0, 0.1) is 0 Å². The molecular weight excluding hydrogens is 468 g/mol. The van der Waals surface area contributed by atoms with E-state index in [1.807, 2.05) is 30.3 Å². The Morgan fingerprint density at radius 2 is 1.76 bits per heavy atom. The van der Waals surface area contributed by atoms with Crippen LogP contribution >= 0.6 is 11.6 Å². The molecule has 1 saturated heterocycles. The van der Waals surface area contributed by atoms with Gasteiger partial charge in [0.05, 0.1) is 12.1 Å². The average Bonchev–Trinajstić information content (AvgIpc) is 2.84. The second-order valence-corrected chi connectivity index (χ2v) is 9.76. The van der Waals surface area contributed by atoms with E-state index in [1.165, 1.54) is 32.4 Å². The third kappa shape index (κ3) is 6.02. The normalized spacial score (nSPS) is 14.4. The van der Waals surface area contributed by atoms with Gasteiger partial charge in [-0.1, -0.05) is 34.3 Å². The van der Waals surface area contributed by atoms with Gasteiger partial charge in [-0.15, -0.1) is 0 Å². The summed E-state index contributed by atoms with van der Waals surface area (Å²) in [6.45, 7) is 2.87. The maximum absolute atomic E-state index is 12.5. The standard InChI is InChI=1S/C22H27ClN4O5S/c1-25(32-2)33(30,31)20-16-17(8-9-19(20)23)22(29)24-11-10-21(28)27-14-12-26(13-15-27)18-6-4-3-5-7-18/h3-9,16H,10-15H2,1-2H3,(H,24,29). The molecule has 2 aromatic carbocycles. The molecule has 0 radical (unpaired) electrons. The summed E-state index contributed by atoms with van der Waals surface area (Å²) in [7, 11) is -1.58. The minimum atomic E-state index is -4.01. The molecule has 33 heavy (non-hydrogen) atoms. The van der Waals surface area contributed by atoms with Gasteiger partial charge >= 0.3 is 0 Å². The number of carbonyl (C=O) groups excluding carboxylic acids is 2. The number of anilines is 1. The van der Waals surface area contributed by atoms with Crippen molar-refractivity contribution in [1.82, 2.24) is 14.7 Å². The fourth-order valence-electron chi connectivity index (χ4n) is 3.47. The summed E-state index contributed by atoms with van der Waals surface area (Å²) < 4.78 is 25.6. The number of amides is 2. The van der Waals surface area contributed by atoms with Crippen molar-refractivity contribution < 1.29 is 22.8 Å². The van der Waals surface area contributed by atoms with Gasteiger partial charge in [0.1, 0.15) is 4.90 Å². The Bertz CT molecular complexity index is 1090. The molecule has 0 atom stereocenters. The van der Waals surface area contributed by atoms with Gasteiger partial charge in [-0.25, -0.2) is 8.42 Å². The molecule has 11 heteroatoms. The maximum atomic E-state index is 12.5. The highest BCUT2D eigenvalue weighted by molar-refractivity contribution is 7.89. The summed E-state index contributed by atoms with van der Waals surface area (Å²) in [5.74, 6) is -0.533. The minimum absolute atomic E-state index is 0.0275. The smallest absolute Gasteiger partial charge is 0.266 e. The van der Waals surface area contributed by atoms with E-state index >= 15 is 0 Å². The molecule has 1 N–H and O–H groups in total. The maximum Gasteiger partial charge on any atom is 0.266 e. The molecule has 0 unspecified atom stereocenters. The second kappa shape index (κ2) is 11.0. The topological polar surface area (TPSA) is 99.3 Å². The Labute approximate surface area is 198 Å². The monoisotopic (exact) mass is 494 g/mol. The van der Waals surface area contributed by atoms with Crippen LogP contribution in [0.2, 0.25) is 5.02 Å². The zero-order valence-electron chi connectivity index (χ0n) is 18.5. The zero-order chi connectivity index (χ0) is 24.0. The summed E-state index contributed by atoms with van der Waals surface area (Å²) in [5.41, 5.74) is 1.25. The molecule has 1 aliphatic rings. The number of hydroxylamine groups is 1. The van der Waals surface area contributed by atoms with E-state index in [0.717, 1.165) is 18.8 Å². The lowest BCUT2D eigenvalue weighted by atomic mass is 10.2. The van der Waals surface area contributed by atoms with Crippen molar-refractivity contribution in [3.05, 3.63) is 59.1 Å². The van der Waals surface area contributed by atoms with E-state index in [-0.39, 0.29) is 34.4 Å². The number of piperazine rings is 1. The predicted molar refractivity (Wildman–Crippen MR) is 126 cm³/mol. The van der Waals surface area contributed by atoms with Crippen molar-refractivity contribution in [2.24, 2.45) is 0 Å². The van der Waals surface area contributed by atoms with Gasteiger partial charge in [0.2, 0.25) is 5.91 Å². The van der Waals surface area contributed by atoms with Crippen LogP contribution in [0.1, 0.15) is 16.8 Å². The number of hydrogen-bond donors (Lipinski definition) is 1. The number of benzene rings is 2. The Kier molecular flexibility index (Phi) is 8.30. The van der Waals surface area contributed by atoms with E-state index in [4.69, 9.17) is 16.4 Å². The van der Waals surface area contributed by atoms with E-state index in [1.54, 1.807) is 4.90 Å². The predicted octanol–water partition coefficient (Wildman–Crippen LogP) is 1.99. The van der Waals surface area contributed by atoms with Gasteiger partial charge in [-0.3, -0.25) is 14.4 Å². The Morgan fingerprint density at radius 3 is 2.39 bits per heavy atom. The van der Waals surface area contributed by atoms with Crippen LogP contribution in [0.5, 0.6) is 0 Å². The molecule has 0 aliphatic carbocycles. The first-order valence-electron chi connectivity index (χ1n) is 10.4. The molecule has 178 valence electrons. The van der Waals surface area contributed by atoms with Gasteiger partial charge in [0.25, 0.3) is 15.9 Å². The largest absolute Gasteiger partial charge is 0.368 e. The molecule has 0 bridgehead atoms. The minimum Gasteiger partial charge on any atom is -0.368 e. The number of nitrogens with one attached hydrogen (secondary N) is 1. The Morgan fingerprint density at radius 1 is 1.09 bits per heavy atom. The quantitative estimate of drug-likeness (QED) is 0.563. The van der Waals surface area contributed by atoms with Crippen LogP contribution < -0.4 is 10.2 Å². The number of sulfonamides is 1. The van der Waals surface area contributed by atoms with E-state index in [2.05, 4.69) is 10.2 Å². The van der Waals surface area contributed by atoms with Crippen LogP contribution in [0.15, 0.2) is 53.4 Å². The number of carbonyl (C=O) groups is 2. The number of hydrogen-bond acceptors (Lipinski definition) is 6. The molecule has 0 aromatic heterocycles. The summed E-state index contributed by atoms with van der Waals surface area (Å²) in [5, 5.41) is 2.64. The van der Waals surface area contributed by atoms with Gasteiger partial charge in [0, 0.05) is 57.4 Å². The van der Waals surface area contributed by atoms with Gasteiger partial charge in [-0.05, 0) is 30.3 Å². The molecule has 1 aliphatic heterocycles. The third-order valence-corrected chi connectivity index (χ3v) is 7.61. The zero-order valence-corrected chi connectivity index (χ0v) is 20.1. The van der Waals surface area contributed by atoms with Crippen LogP contribution in [-0.2, 0) is 19.7 Å². The van der Waals surface area contributed by atoms with Crippen LogP contribution in [0.3, 0.4) is 0 Å². The first-order valence-corrected chi connectivity index (χ1v) is 12.2. The van der Waals surface area contributed by atoms with Crippen molar-refractivity contribution >= 4 is 39.1 Å². The second-order valence-electron chi connectivity index (χ2n) is 7.45. The summed E-state index contributed by atoms with van der Waals surface area (Å²) >= 11 is 6.02. The molecule has 2 amide bonds. The molecule has 1 heterocycles. The lowest BCUT2D eigenvalue weighted by Crippen LogP contribution is -2.49. The Balaban J connectivity index is 1.51. The lowest BCUT2D eigenvalue weighted by Gasteiger charge is -2.36. The van der Waals surface area contributed by atoms with Crippen molar-refractivity contribution in [3.8, 4) is 0 Å². The molecule has 0 saturated carbocycles. The van der Waals surface area contributed by atoms with Gasteiger partial charge in [-0.2, -0.15) is 0 Å². The summed E-state index contributed by atoms with van der Waals surface area (Å²) in [6, 6.07) is 14.0. The van der Waals surface area contributed by atoms with Crippen LogP contribution in [0.25, 0.3) is 0 Å². The highest BCUT2D eigenvalue weighted by Crippen LogP contribution is 2.25. The first-order chi connectivity index (χ1) is 15.7. The molecule has 0 spiro atoms. The summed E-state index contributed by atoms with van der Waals surface area (Å²) in [6.07, 6.45) is 0.155. The molecular formula is C22H27ClN4O5S. The number of halogens is 1. The van der Waals surface area contributed by atoms with Crippen molar-refractivity contribution in [2.45, 2.75) is 11.3 Å². The van der Waals surface area contributed by atoms with Gasteiger partial charge < -0.3 is 15.1 Å². The van der Waals surface area contributed by atoms with Crippen molar-refractivity contribution in [3.63, 3.8) is 0 Å². The van der Waals surface area contributed by atoms with Crippen LogP contribution in [0.4, 0.5) is 5.69 Å². The number of rotatable bonds is 8. The molecule has 9 nitrogen and oxygen atoms in total.